The maximum Gasteiger partial charge on any atom is 0.314 e. The van der Waals surface area contributed by atoms with Crippen LogP contribution in [-0.4, -0.2) is 84.3 Å². The van der Waals surface area contributed by atoms with E-state index >= 15 is 0 Å². The predicted octanol–water partition coefficient (Wildman–Crippen LogP) is 5.82. The molecule has 0 spiro atoms. The van der Waals surface area contributed by atoms with E-state index in [2.05, 4.69) is 45.4 Å². The summed E-state index contributed by atoms with van der Waals surface area (Å²) in [7, 11) is 1.76. The van der Waals surface area contributed by atoms with Gasteiger partial charge in [-0.05, 0) is 55.9 Å². The summed E-state index contributed by atoms with van der Waals surface area (Å²) in [6, 6.07) is 8.82. The van der Waals surface area contributed by atoms with Crippen LogP contribution in [0.15, 0.2) is 42.9 Å². The third-order valence-electron chi connectivity index (χ3n) is 6.80. The van der Waals surface area contributed by atoms with Gasteiger partial charge in [0.25, 0.3) is 0 Å². The van der Waals surface area contributed by atoms with Crippen molar-refractivity contribution in [3.63, 3.8) is 0 Å². The molecule has 2 aromatic heterocycles. The summed E-state index contributed by atoms with van der Waals surface area (Å²) < 4.78 is 5.10. The molecule has 0 saturated carbocycles. The number of amides is 2. The molecular formula is C31H55N7O2. The molecule has 4 N–H and O–H groups in total. The fourth-order valence-corrected chi connectivity index (χ4v) is 4.54. The lowest BCUT2D eigenvalue weighted by atomic mass is 10.0. The lowest BCUT2D eigenvalue weighted by molar-refractivity contribution is 0.132. The standard InChI is InChI=1S/C14H22N4O.C13H21N3O.2C2H6/c1-10(2)13-9-12(3-6-16-13)17-11-4-7-18(8-5-11)14(15)19;1-17-11-10-16-8-4-13(5-9-16)15-12-2-6-14-7-3-12;2*1-2/h3,6,9-11H,4-5,7-8H2,1-2H3,(H2,15,19)(H,16,17);2-3,6-7,13H,4-5,8-11H2,1H3,(H,14,15);2*1-2H3. The molecule has 0 bridgehead atoms. The molecule has 0 aromatic carbocycles. The maximum absolute atomic E-state index is 11.1. The van der Waals surface area contributed by atoms with Crippen LogP contribution in [0.25, 0.3) is 0 Å². The number of urea groups is 1. The zero-order valence-corrected chi connectivity index (χ0v) is 26.0. The minimum Gasteiger partial charge on any atom is -0.383 e. The minimum absolute atomic E-state index is 0.315. The van der Waals surface area contributed by atoms with Crippen molar-refractivity contribution in [2.24, 2.45) is 5.73 Å². The second kappa shape index (κ2) is 20.9. The van der Waals surface area contributed by atoms with E-state index in [0.29, 0.717) is 18.0 Å². The number of hydrogen-bond acceptors (Lipinski definition) is 7. The number of nitrogens with two attached hydrogens (primary N) is 1. The van der Waals surface area contributed by atoms with Crippen molar-refractivity contribution in [2.45, 2.75) is 85.2 Å². The molecular weight excluding hydrogens is 502 g/mol. The highest BCUT2D eigenvalue weighted by Gasteiger charge is 2.21. The van der Waals surface area contributed by atoms with Gasteiger partial charge in [0.15, 0.2) is 0 Å². The number of nitrogens with zero attached hydrogens (tertiary/aromatic N) is 4. The number of anilines is 2. The maximum atomic E-state index is 11.1. The zero-order valence-electron chi connectivity index (χ0n) is 26.0. The Labute approximate surface area is 243 Å². The molecule has 226 valence electrons. The van der Waals surface area contributed by atoms with E-state index in [-0.39, 0.29) is 6.03 Å². The van der Waals surface area contributed by atoms with E-state index in [1.807, 2.05) is 64.5 Å². The summed E-state index contributed by atoms with van der Waals surface area (Å²) in [5, 5.41) is 7.08. The molecule has 2 saturated heterocycles. The molecule has 0 atom stereocenters. The average Bonchev–Trinajstić information content (AvgIpc) is 3.00. The van der Waals surface area contributed by atoms with Crippen LogP contribution >= 0.6 is 0 Å². The van der Waals surface area contributed by atoms with Gasteiger partial charge in [0.2, 0.25) is 0 Å². The van der Waals surface area contributed by atoms with Crippen LogP contribution in [0.1, 0.15) is 78.8 Å². The monoisotopic (exact) mass is 557 g/mol. The number of aromatic nitrogens is 2. The first kappa shape index (κ1) is 35.1. The summed E-state index contributed by atoms with van der Waals surface area (Å²) >= 11 is 0. The highest BCUT2D eigenvalue weighted by Crippen LogP contribution is 2.20. The Morgan fingerprint density at radius 2 is 1.45 bits per heavy atom. The zero-order chi connectivity index (χ0) is 29.8. The van der Waals surface area contributed by atoms with E-state index < -0.39 is 0 Å². The van der Waals surface area contributed by atoms with E-state index in [1.54, 1.807) is 12.0 Å². The summed E-state index contributed by atoms with van der Waals surface area (Å²) in [6.45, 7) is 17.9. The van der Waals surface area contributed by atoms with Crippen LogP contribution in [0.4, 0.5) is 16.2 Å². The number of carbonyl (C=O) groups excluding carboxylic acids is 1. The van der Waals surface area contributed by atoms with Crippen molar-refractivity contribution in [1.82, 2.24) is 19.8 Å². The van der Waals surface area contributed by atoms with Gasteiger partial charge in [-0.15, -0.1) is 0 Å². The predicted molar refractivity (Wildman–Crippen MR) is 168 cm³/mol. The molecule has 0 aliphatic carbocycles. The molecule has 2 aromatic rings. The van der Waals surface area contributed by atoms with Crippen LogP contribution < -0.4 is 16.4 Å². The fourth-order valence-electron chi connectivity index (χ4n) is 4.54. The second-order valence-corrected chi connectivity index (χ2v) is 9.86. The summed E-state index contributed by atoms with van der Waals surface area (Å²) in [4.78, 5) is 23.6. The number of likely N-dealkylation sites (tertiary alicyclic amines) is 2. The molecule has 9 nitrogen and oxygen atoms in total. The normalized spacial score (nSPS) is 15.9. The van der Waals surface area contributed by atoms with Crippen LogP contribution in [0, 0.1) is 0 Å². The topological polar surface area (TPSA) is 109 Å². The number of piperidine rings is 2. The first-order valence-corrected chi connectivity index (χ1v) is 15.1. The molecule has 0 radical (unpaired) electrons. The SMILES string of the molecule is CC.CC.CC(C)c1cc(NC2CCN(C(N)=O)CC2)ccn1.COCCN1CCC(Nc2ccncc2)CC1. The Morgan fingerprint density at radius 3 is 1.98 bits per heavy atom. The van der Waals surface area contributed by atoms with Crippen LogP contribution in [0.2, 0.25) is 0 Å². The lowest BCUT2D eigenvalue weighted by Gasteiger charge is -2.32. The molecule has 0 unspecified atom stereocenters. The highest BCUT2D eigenvalue weighted by atomic mass is 16.5. The summed E-state index contributed by atoms with van der Waals surface area (Å²) in [6.07, 6.45) is 9.77. The van der Waals surface area contributed by atoms with Crippen molar-refractivity contribution < 1.29 is 9.53 Å². The molecule has 2 aliphatic rings. The number of ether oxygens (including phenoxy) is 1. The minimum atomic E-state index is -0.315. The van der Waals surface area contributed by atoms with E-state index in [1.165, 1.54) is 18.5 Å². The van der Waals surface area contributed by atoms with E-state index in [4.69, 9.17) is 10.5 Å². The summed E-state index contributed by atoms with van der Waals surface area (Å²) in [5.41, 5.74) is 8.66. The molecule has 9 heteroatoms. The van der Waals surface area contributed by atoms with E-state index in [0.717, 1.165) is 63.6 Å². The first-order valence-electron chi connectivity index (χ1n) is 15.1. The molecule has 2 fully saturated rings. The van der Waals surface area contributed by atoms with Gasteiger partial charge >= 0.3 is 6.03 Å². The average molecular weight is 558 g/mol. The summed E-state index contributed by atoms with van der Waals surface area (Å²) in [5.74, 6) is 0.429. The lowest BCUT2D eigenvalue weighted by Crippen LogP contribution is -2.44. The Kier molecular flexibility index (Phi) is 18.4. The van der Waals surface area contributed by atoms with Crippen molar-refractivity contribution >= 4 is 17.4 Å². The second-order valence-electron chi connectivity index (χ2n) is 9.86. The third-order valence-corrected chi connectivity index (χ3v) is 6.80. The van der Waals surface area contributed by atoms with Gasteiger partial charge in [-0.1, -0.05) is 41.5 Å². The fraction of sp³-hybridized carbons (Fsp3) is 0.645. The van der Waals surface area contributed by atoms with Crippen molar-refractivity contribution in [3.05, 3.63) is 48.5 Å². The first-order chi connectivity index (χ1) is 19.4. The van der Waals surface area contributed by atoms with Gasteiger partial charge in [0.05, 0.1) is 6.61 Å². The van der Waals surface area contributed by atoms with Gasteiger partial charge in [-0.3, -0.25) is 9.97 Å². The largest absolute Gasteiger partial charge is 0.383 e. The Balaban J connectivity index is 0.000000358. The number of carbonyl (C=O) groups is 1. The Bertz CT molecular complexity index is 898. The quantitative estimate of drug-likeness (QED) is 0.375. The molecule has 40 heavy (non-hydrogen) atoms. The Hall–Kier alpha value is -2.91. The molecule has 2 aliphatic heterocycles. The highest BCUT2D eigenvalue weighted by molar-refractivity contribution is 5.72. The van der Waals surface area contributed by atoms with Crippen LogP contribution in [0.3, 0.4) is 0 Å². The third kappa shape index (κ3) is 13.4. The van der Waals surface area contributed by atoms with Crippen molar-refractivity contribution in [2.75, 3.05) is 57.1 Å². The van der Waals surface area contributed by atoms with Crippen molar-refractivity contribution in [3.8, 4) is 0 Å². The Morgan fingerprint density at radius 1 is 0.925 bits per heavy atom. The van der Waals surface area contributed by atoms with E-state index in [9.17, 15) is 4.79 Å². The smallest absolute Gasteiger partial charge is 0.314 e. The number of pyridine rings is 2. The number of methoxy groups -OCH3 is 1. The number of hydrogen-bond donors (Lipinski definition) is 3. The van der Waals surface area contributed by atoms with Gasteiger partial charge in [-0.2, -0.15) is 0 Å². The van der Waals surface area contributed by atoms with Crippen LogP contribution in [0.5, 0.6) is 0 Å². The van der Waals surface area contributed by atoms with Gasteiger partial charge in [-0.25, -0.2) is 4.79 Å². The molecule has 4 heterocycles. The number of primary amides is 1. The van der Waals surface area contributed by atoms with Crippen LogP contribution in [-0.2, 0) is 4.74 Å². The van der Waals surface area contributed by atoms with Gasteiger partial charge in [0, 0.05) is 87.6 Å². The van der Waals surface area contributed by atoms with Gasteiger partial charge < -0.3 is 30.9 Å². The van der Waals surface area contributed by atoms with Gasteiger partial charge in [0.1, 0.15) is 0 Å². The molecule has 4 rings (SSSR count). The molecule has 2 amide bonds. The van der Waals surface area contributed by atoms with Crippen molar-refractivity contribution in [1.29, 1.82) is 0 Å². The number of nitrogens with one attached hydrogen (secondary N) is 2. The number of rotatable bonds is 8.